The summed E-state index contributed by atoms with van der Waals surface area (Å²) in [5.74, 6) is -1.99. The van der Waals surface area contributed by atoms with Crippen LogP contribution >= 0.6 is 0 Å². The molecule has 2 N–H and O–H groups in total. The molecule has 204 valence electrons. The molecule has 3 aliphatic rings. The quantitative estimate of drug-likeness (QED) is 0.563. The zero-order valence-electron chi connectivity index (χ0n) is 20.3. The van der Waals surface area contributed by atoms with Crippen LogP contribution in [0.2, 0.25) is 0 Å². The molecule has 1 spiro atoms. The number of anilines is 1. The second-order valence-electron chi connectivity index (χ2n) is 10.0. The van der Waals surface area contributed by atoms with Gasteiger partial charge in [-0.3, -0.25) is 14.9 Å². The highest BCUT2D eigenvalue weighted by atomic mass is 19.4. The van der Waals surface area contributed by atoms with Gasteiger partial charge in [0, 0.05) is 56.6 Å². The number of benzene rings is 1. The summed E-state index contributed by atoms with van der Waals surface area (Å²) >= 11 is 0. The highest BCUT2D eigenvalue weighted by Crippen LogP contribution is 2.41. The van der Waals surface area contributed by atoms with E-state index >= 15 is 0 Å². The number of carbonyl (C=O) groups excluding carboxylic acids is 3. The largest absolute Gasteiger partial charge is 0.573 e. The molecule has 2 saturated heterocycles. The maximum absolute atomic E-state index is 13.9. The van der Waals surface area contributed by atoms with Crippen LogP contribution in [-0.2, 0) is 9.59 Å². The highest BCUT2D eigenvalue weighted by molar-refractivity contribution is 5.89. The Bertz CT molecular complexity index is 1260. The van der Waals surface area contributed by atoms with Gasteiger partial charge in [0.1, 0.15) is 11.6 Å². The van der Waals surface area contributed by atoms with Crippen molar-refractivity contribution in [1.82, 2.24) is 30.1 Å². The minimum absolute atomic E-state index is 0.00476. The van der Waals surface area contributed by atoms with Gasteiger partial charge in [0.15, 0.2) is 5.82 Å². The fraction of sp³-hybridized carbons (Fsp3) is 0.522. The SMILES string of the molecule is CC(=O)N1C[C@H](N(C(=O)Nc2cn(-c3cc(F)cc(OC(F)(F)F)c3)nn2)C2CC2)CC2(CNC(=O)C2)C1. The fourth-order valence-corrected chi connectivity index (χ4v) is 5.26. The van der Waals surface area contributed by atoms with Gasteiger partial charge in [0.2, 0.25) is 11.8 Å². The van der Waals surface area contributed by atoms with Gasteiger partial charge in [-0.15, -0.1) is 18.3 Å². The first-order valence-corrected chi connectivity index (χ1v) is 12.0. The van der Waals surface area contributed by atoms with Gasteiger partial charge in [-0.2, -0.15) is 0 Å². The Morgan fingerprint density at radius 3 is 2.63 bits per heavy atom. The van der Waals surface area contributed by atoms with Crippen molar-refractivity contribution in [2.45, 2.75) is 51.1 Å². The molecule has 3 heterocycles. The minimum Gasteiger partial charge on any atom is -0.406 e. The standard InChI is InChI=1S/C23H25F4N7O4/c1-13(35)32-9-17(7-22(12-32)8-20(36)28-11-22)34(15-2-3-15)21(37)29-19-10-33(31-30-19)16-4-14(24)5-18(6-16)38-23(25,26)27/h4-6,10,15,17H,2-3,7-9,11-12H2,1H3,(H,28,36)(H,29,37)/t17-,22?/m1/s1. The number of likely N-dealkylation sites (tertiary alicyclic amines) is 1. The van der Waals surface area contributed by atoms with Crippen LogP contribution in [0.15, 0.2) is 24.4 Å². The molecule has 1 aliphatic carbocycles. The third-order valence-corrected chi connectivity index (χ3v) is 6.92. The summed E-state index contributed by atoms with van der Waals surface area (Å²) in [5.41, 5.74) is -0.559. The molecule has 2 aliphatic heterocycles. The van der Waals surface area contributed by atoms with E-state index in [4.69, 9.17) is 0 Å². The van der Waals surface area contributed by atoms with E-state index in [0.717, 1.165) is 29.7 Å². The Balaban J connectivity index is 1.34. The fourth-order valence-electron chi connectivity index (χ4n) is 5.26. The van der Waals surface area contributed by atoms with Crippen LogP contribution in [0.1, 0.15) is 32.6 Å². The number of hydrogen-bond acceptors (Lipinski definition) is 6. The van der Waals surface area contributed by atoms with Crippen molar-refractivity contribution in [3.63, 3.8) is 0 Å². The normalized spacial score (nSPS) is 23.3. The second kappa shape index (κ2) is 9.44. The van der Waals surface area contributed by atoms with Gasteiger partial charge >= 0.3 is 12.4 Å². The summed E-state index contributed by atoms with van der Waals surface area (Å²) in [4.78, 5) is 41.0. The zero-order valence-corrected chi connectivity index (χ0v) is 20.3. The predicted octanol–water partition coefficient (Wildman–Crippen LogP) is 2.43. The van der Waals surface area contributed by atoms with E-state index < -0.39 is 29.4 Å². The average Bonchev–Trinajstić information content (AvgIpc) is 3.41. The molecule has 1 unspecified atom stereocenters. The predicted molar refractivity (Wildman–Crippen MR) is 123 cm³/mol. The third kappa shape index (κ3) is 5.65. The Morgan fingerprint density at radius 2 is 2.00 bits per heavy atom. The maximum Gasteiger partial charge on any atom is 0.573 e. The molecule has 2 aromatic rings. The molecular weight excluding hydrogens is 514 g/mol. The van der Waals surface area contributed by atoms with Gasteiger partial charge in [-0.1, -0.05) is 5.21 Å². The van der Waals surface area contributed by atoms with E-state index in [9.17, 15) is 31.9 Å². The summed E-state index contributed by atoms with van der Waals surface area (Å²) < 4.78 is 56.4. The number of carbonyl (C=O) groups is 3. The number of piperidine rings is 1. The number of nitrogens with zero attached hydrogens (tertiary/aromatic N) is 5. The van der Waals surface area contributed by atoms with Gasteiger partial charge in [-0.25, -0.2) is 13.9 Å². The topological polar surface area (TPSA) is 122 Å². The van der Waals surface area contributed by atoms with Crippen molar-refractivity contribution in [2.24, 2.45) is 5.41 Å². The van der Waals surface area contributed by atoms with E-state index in [0.29, 0.717) is 32.1 Å². The average molecular weight is 539 g/mol. The Labute approximate surface area is 214 Å². The van der Waals surface area contributed by atoms with Crippen molar-refractivity contribution in [3.8, 4) is 11.4 Å². The van der Waals surface area contributed by atoms with E-state index in [2.05, 4.69) is 25.7 Å². The third-order valence-electron chi connectivity index (χ3n) is 6.92. The minimum atomic E-state index is -5.00. The Kier molecular flexibility index (Phi) is 6.39. The smallest absolute Gasteiger partial charge is 0.406 e. The molecule has 1 aromatic heterocycles. The van der Waals surface area contributed by atoms with Crippen molar-refractivity contribution >= 4 is 23.7 Å². The monoisotopic (exact) mass is 539 g/mol. The number of rotatable bonds is 5. The van der Waals surface area contributed by atoms with Gasteiger partial charge in [0.05, 0.1) is 17.9 Å². The van der Waals surface area contributed by atoms with Crippen LogP contribution in [0.5, 0.6) is 5.75 Å². The molecule has 2 atom stereocenters. The Hall–Kier alpha value is -3.91. The molecule has 5 rings (SSSR count). The number of nitrogens with one attached hydrogen (secondary N) is 2. The first kappa shape index (κ1) is 25.7. The van der Waals surface area contributed by atoms with E-state index in [1.54, 1.807) is 9.80 Å². The number of amides is 4. The van der Waals surface area contributed by atoms with Crippen LogP contribution in [-0.4, -0.2) is 80.7 Å². The van der Waals surface area contributed by atoms with Crippen LogP contribution in [0.3, 0.4) is 0 Å². The molecule has 1 aromatic carbocycles. The summed E-state index contributed by atoms with van der Waals surface area (Å²) in [6.45, 7) is 2.64. The molecule has 11 nitrogen and oxygen atoms in total. The van der Waals surface area contributed by atoms with Crippen molar-refractivity contribution in [1.29, 1.82) is 0 Å². The van der Waals surface area contributed by atoms with E-state index in [1.165, 1.54) is 13.1 Å². The lowest BCUT2D eigenvalue weighted by atomic mass is 9.76. The molecule has 4 amide bonds. The van der Waals surface area contributed by atoms with Crippen LogP contribution in [0.25, 0.3) is 5.69 Å². The number of hydrogen-bond donors (Lipinski definition) is 2. The lowest BCUT2D eigenvalue weighted by Gasteiger charge is -2.47. The van der Waals surface area contributed by atoms with Crippen molar-refractivity contribution in [3.05, 3.63) is 30.2 Å². The van der Waals surface area contributed by atoms with Gasteiger partial charge in [-0.05, 0) is 25.3 Å². The van der Waals surface area contributed by atoms with Crippen molar-refractivity contribution in [2.75, 3.05) is 25.0 Å². The number of halogens is 4. The first-order chi connectivity index (χ1) is 17.9. The summed E-state index contributed by atoms with van der Waals surface area (Å²) in [6, 6.07) is 1.58. The second-order valence-corrected chi connectivity index (χ2v) is 10.0. The summed E-state index contributed by atoms with van der Waals surface area (Å²) in [6.07, 6.45) is -1.39. The molecule has 38 heavy (non-hydrogen) atoms. The van der Waals surface area contributed by atoms with Crippen LogP contribution in [0.4, 0.5) is 28.2 Å². The zero-order chi connectivity index (χ0) is 27.2. The molecule has 15 heteroatoms. The molecule has 3 fully saturated rings. The number of urea groups is 1. The summed E-state index contributed by atoms with van der Waals surface area (Å²) in [5, 5.41) is 13.1. The number of alkyl halides is 3. The summed E-state index contributed by atoms with van der Waals surface area (Å²) in [7, 11) is 0. The van der Waals surface area contributed by atoms with E-state index in [1.807, 2.05) is 0 Å². The number of aromatic nitrogens is 3. The van der Waals surface area contributed by atoms with E-state index in [-0.39, 0.29) is 41.8 Å². The van der Waals surface area contributed by atoms with Gasteiger partial charge < -0.3 is 19.9 Å². The molecule has 0 radical (unpaired) electrons. The lowest BCUT2D eigenvalue weighted by Crippen LogP contribution is -2.59. The maximum atomic E-state index is 13.9. The number of ether oxygens (including phenoxy) is 1. The molecule has 0 bridgehead atoms. The van der Waals surface area contributed by atoms with Crippen LogP contribution in [0, 0.1) is 11.2 Å². The highest BCUT2D eigenvalue weighted by Gasteiger charge is 2.49. The van der Waals surface area contributed by atoms with Gasteiger partial charge in [0.25, 0.3) is 0 Å². The Morgan fingerprint density at radius 1 is 1.24 bits per heavy atom. The van der Waals surface area contributed by atoms with Crippen LogP contribution < -0.4 is 15.4 Å². The molecular formula is C23H25F4N7O4. The molecule has 1 saturated carbocycles. The lowest BCUT2D eigenvalue weighted by molar-refractivity contribution is -0.274. The first-order valence-electron chi connectivity index (χ1n) is 12.0. The van der Waals surface area contributed by atoms with Crippen molar-refractivity contribution < 1.29 is 36.7 Å².